The molecule has 10 nitrogen and oxygen atoms in total. The van der Waals surface area contributed by atoms with E-state index in [4.69, 9.17) is 4.43 Å². The Balaban J connectivity index is 1.43. The third kappa shape index (κ3) is 7.90. The molecule has 0 aromatic heterocycles. The molecule has 1 saturated heterocycles. The fourth-order valence-electron chi connectivity index (χ4n) is 8.68. The van der Waals surface area contributed by atoms with Crippen molar-refractivity contribution >= 4 is 48.0 Å². The van der Waals surface area contributed by atoms with Crippen LogP contribution < -0.4 is 15.3 Å². The van der Waals surface area contributed by atoms with E-state index in [0.29, 0.717) is 24.0 Å². The van der Waals surface area contributed by atoms with Crippen molar-refractivity contribution in [3.8, 4) is 5.75 Å². The van der Waals surface area contributed by atoms with Crippen LogP contribution in [-0.4, -0.2) is 59.7 Å². The summed E-state index contributed by atoms with van der Waals surface area (Å²) in [6.07, 6.45) is 2.60. The maximum Gasteiger partial charge on any atom is 0.271 e. The molecule has 0 radical (unpaired) electrons. The highest BCUT2D eigenvalue weighted by molar-refractivity contribution is 6.99. The number of aliphatic hydroxyl groups is 2. The number of amides is 2. The van der Waals surface area contributed by atoms with Crippen LogP contribution in [0.4, 0.5) is 11.4 Å². The fraction of sp³-hybridized carbons (Fsp3) is 0.333. The number of aliphatic hydroxyl groups excluding tert-OH is 2. The number of anilines is 1. The van der Waals surface area contributed by atoms with Crippen molar-refractivity contribution < 1.29 is 34.3 Å². The van der Waals surface area contributed by atoms with Crippen molar-refractivity contribution in [1.29, 1.82) is 0 Å². The molecule has 4 aromatic rings. The monoisotopic (exact) mass is 774 g/mol. The summed E-state index contributed by atoms with van der Waals surface area (Å²) in [5, 5.41) is 46.5. The standard InChI is InChI=1S/C45H50N2O8Si/c1-5-30(25-31-19-22-35(49)23-20-31)21-24-40(50)41-32(29-55-56(45(2,3)4,36-15-8-6-9-16-36)37-17-10-7-11-18-37)26-38-42(39(41)28-48)44(52)46(43(38)51)33-13-12-14-34(27-33)47(53)54/h6-20,22-23,25,27,38-40,42,48-50H,5,21,24,26,28-29H2,1-4H3/b30-25+/t38-,39+,40-,42-/m1/s1. The Morgan fingerprint density at radius 2 is 1.57 bits per heavy atom. The predicted molar refractivity (Wildman–Crippen MR) is 220 cm³/mol. The predicted octanol–water partition coefficient (Wildman–Crippen LogP) is 6.93. The minimum atomic E-state index is -3.10. The van der Waals surface area contributed by atoms with Gasteiger partial charge in [0.25, 0.3) is 14.0 Å². The molecule has 0 bridgehead atoms. The average Bonchev–Trinajstić information content (AvgIpc) is 3.45. The Morgan fingerprint density at radius 3 is 2.12 bits per heavy atom. The molecule has 6 rings (SSSR count). The first-order valence-electron chi connectivity index (χ1n) is 19.2. The molecule has 0 unspecified atom stereocenters. The number of allylic oxidation sites excluding steroid dienone is 1. The number of hydrogen-bond donors (Lipinski definition) is 3. The number of hydrogen-bond acceptors (Lipinski definition) is 8. The Bertz CT molecular complexity index is 2070. The number of imide groups is 1. The summed E-state index contributed by atoms with van der Waals surface area (Å²) in [6.45, 7) is 8.09. The minimum Gasteiger partial charge on any atom is -0.508 e. The van der Waals surface area contributed by atoms with Gasteiger partial charge in [-0.05, 0) is 76.0 Å². The van der Waals surface area contributed by atoms with Gasteiger partial charge in [0, 0.05) is 18.1 Å². The second kappa shape index (κ2) is 16.9. The molecule has 2 amide bonds. The molecule has 0 spiro atoms. The highest BCUT2D eigenvalue weighted by atomic mass is 28.4. The Morgan fingerprint density at radius 1 is 0.946 bits per heavy atom. The smallest absolute Gasteiger partial charge is 0.271 e. The van der Waals surface area contributed by atoms with Gasteiger partial charge >= 0.3 is 0 Å². The molecule has 0 saturated carbocycles. The SMILES string of the molecule is CC/C(=C\c1ccc(O)cc1)CC[C@@H](O)C1=C(CO[Si](c2ccccc2)(c2ccccc2)C(C)(C)C)C[C@H]2C(=O)N(c3cccc([N+](=O)[O-])c3)C(=O)[C@H]2[C@H]1CO. The van der Waals surface area contributed by atoms with E-state index >= 15 is 0 Å². The van der Waals surface area contributed by atoms with Gasteiger partial charge in [0.2, 0.25) is 11.8 Å². The first-order valence-corrected chi connectivity index (χ1v) is 21.1. The molecule has 11 heteroatoms. The Hall–Kier alpha value is -5.20. The molecule has 2 aliphatic rings. The molecule has 1 aliphatic heterocycles. The first kappa shape index (κ1) is 40.5. The molecule has 56 heavy (non-hydrogen) atoms. The molecular weight excluding hydrogens is 725 g/mol. The van der Waals surface area contributed by atoms with E-state index in [1.165, 1.54) is 24.3 Å². The van der Waals surface area contributed by atoms with Crippen LogP contribution in [0.1, 0.15) is 58.9 Å². The number of rotatable bonds is 14. The van der Waals surface area contributed by atoms with Crippen LogP contribution in [0, 0.1) is 27.9 Å². The third-order valence-electron chi connectivity index (χ3n) is 11.4. The van der Waals surface area contributed by atoms with E-state index in [9.17, 15) is 35.0 Å². The van der Waals surface area contributed by atoms with E-state index in [1.54, 1.807) is 12.1 Å². The summed E-state index contributed by atoms with van der Waals surface area (Å²) >= 11 is 0. The maximum atomic E-state index is 14.3. The number of fused-ring (bicyclic) bond motifs is 1. The number of phenols is 1. The molecule has 292 valence electrons. The van der Waals surface area contributed by atoms with Gasteiger partial charge in [-0.15, -0.1) is 0 Å². The first-order chi connectivity index (χ1) is 26.8. The highest BCUT2D eigenvalue weighted by Gasteiger charge is 2.56. The number of nitrogens with zero attached hydrogens (tertiary/aromatic N) is 2. The van der Waals surface area contributed by atoms with Crippen molar-refractivity contribution in [2.75, 3.05) is 18.1 Å². The van der Waals surface area contributed by atoms with Gasteiger partial charge in [-0.2, -0.15) is 0 Å². The lowest BCUT2D eigenvalue weighted by atomic mass is 9.68. The van der Waals surface area contributed by atoms with Crippen LogP contribution >= 0.6 is 0 Å². The van der Waals surface area contributed by atoms with Crippen molar-refractivity contribution in [2.24, 2.45) is 17.8 Å². The van der Waals surface area contributed by atoms with Crippen LogP contribution in [-0.2, 0) is 14.0 Å². The lowest BCUT2D eigenvalue weighted by Gasteiger charge is -2.44. The van der Waals surface area contributed by atoms with Gasteiger partial charge in [-0.1, -0.05) is 118 Å². The summed E-state index contributed by atoms with van der Waals surface area (Å²) in [6, 6.07) is 32.6. The van der Waals surface area contributed by atoms with Gasteiger partial charge in [-0.3, -0.25) is 19.7 Å². The molecular formula is C45H50N2O8Si. The van der Waals surface area contributed by atoms with Gasteiger partial charge < -0.3 is 19.7 Å². The van der Waals surface area contributed by atoms with Crippen LogP contribution in [0.15, 0.2) is 126 Å². The summed E-state index contributed by atoms with van der Waals surface area (Å²) in [7, 11) is -3.10. The van der Waals surface area contributed by atoms with Crippen molar-refractivity contribution in [1.82, 2.24) is 0 Å². The fourth-order valence-corrected chi connectivity index (χ4v) is 13.2. The summed E-state index contributed by atoms with van der Waals surface area (Å²) < 4.78 is 7.35. The third-order valence-corrected chi connectivity index (χ3v) is 16.4. The van der Waals surface area contributed by atoms with E-state index in [-0.39, 0.29) is 35.2 Å². The Kier molecular flexibility index (Phi) is 12.2. The maximum absolute atomic E-state index is 14.3. The van der Waals surface area contributed by atoms with Gasteiger partial charge in [0.15, 0.2) is 0 Å². The number of carbonyl (C=O) groups excluding carboxylic acids is 2. The topological polar surface area (TPSA) is 150 Å². The summed E-state index contributed by atoms with van der Waals surface area (Å²) in [5.41, 5.74) is 3.01. The number of aromatic hydroxyl groups is 1. The largest absolute Gasteiger partial charge is 0.508 e. The van der Waals surface area contributed by atoms with Crippen LogP contribution in [0.2, 0.25) is 5.04 Å². The van der Waals surface area contributed by atoms with Gasteiger partial charge in [0.05, 0.1) is 41.8 Å². The molecule has 1 fully saturated rings. The Labute approximate surface area is 329 Å². The zero-order valence-corrected chi connectivity index (χ0v) is 33.3. The molecule has 4 atom stereocenters. The van der Waals surface area contributed by atoms with Crippen molar-refractivity contribution in [3.05, 3.63) is 142 Å². The van der Waals surface area contributed by atoms with E-state index in [1.807, 2.05) is 61.5 Å². The number of nitro benzene ring substituents is 1. The number of carbonyl (C=O) groups is 2. The molecule has 1 heterocycles. The molecule has 1 aliphatic carbocycles. The molecule has 4 aromatic carbocycles. The zero-order chi connectivity index (χ0) is 40.2. The van der Waals surface area contributed by atoms with E-state index in [2.05, 4.69) is 45.0 Å². The minimum absolute atomic E-state index is 0.0572. The van der Waals surface area contributed by atoms with Crippen molar-refractivity contribution in [3.63, 3.8) is 0 Å². The van der Waals surface area contributed by atoms with E-state index in [0.717, 1.165) is 32.8 Å². The summed E-state index contributed by atoms with van der Waals surface area (Å²) in [5.74, 6) is -3.63. The van der Waals surface area contributed by atoms with E-state index < -0.39 is 55.5 Å². The second-order valence-electron chi connectivity index (χ2n) is 15.7. The second-order valence-corrected chi connectivity index (χ2v) is 20.0. The quantitative estimate of drug-likeness (QED) is 0.0411. The van der Waals surface area contributed by atoms with Crippen LogP contribution in [0.5, 0.6) is 5.75 Å². The zero-order valence-electron chi connectivity index (χ0n) is 32.3. The van der Waals surface area contributed by atoms with Gasteiger partial charge in [-0.25, -0.2) is 4.90 Å². The number of non-ortho nitro benzene ring substituents is 1. The normalized spacial score (nSPS) is 19.6. The van der Waals surface area contributed by atoms with Crippen LogP contribution in [0.3, 0.4) is 0 Å². The number of nitro groups is 1. The highest BCUT2D eigenvalue weighted by Crippen LogP contribution is 2.48. The lowest BCUT2D eigenvalue weighted by molar-refractivity contribution is -0.384. The van der Waals surface area contributed by atoms with Gasteiger partial charge in [0.1, 0.15) is 5.75 Å². The lowest BCUT2D eigenvalue weighted by Crippen LogP contribution is -2.66. The average molecular weight is 775 g/mol. The van der Waals surface area contributed by atoms with Crippen molar-refractivity contribution in [2.45, 2.75) is 64.5 Å². The number of phenolic OH excluding ortho intramolecular Hbond substituents is 1. The molecule has 3 N–H and O–H groups in total. The van der Waals surface area contributed by atoms with Crippen LogP contribution in [0.25, 0.3) is 6.08 Å². The summed E-state index contributed by atoms with van der Waals surface area (Å²) in [4.78, 5) is 40.7. The number of benzene rings is 4.